The molecule has 4 nitrogen and oxygen atoms in total. The second kappa shape index (κ2) is 7.54. The molecule has 1 N–H and O–H groups in total. The van der Waals surface area contributed by atoms with E-state index < -0.39 is 0 Å². The fourth-order valence-electron chi connectivity index (χ4n) is 2.56. The van der Waals surface area contributed by atoms with Gasteiger partial charge in [0, 0.05) is 19.3 Å². The van der Waals surface area contributed by atoms with Crippen LogP contribution in [0.15, 0.2) is 12.5 Å². The Morgan fingerprint density at radius 3 is 2.89 bits per heavy atom. The highest BCUT2D eigenvalue weighted by atomic mass is 15.1. The third kappa shape index (κ3) is 4.10. The molecule has 0 saturated carbocycles. The van der Waals surface area contributed by atoms with Gasteiger partial charge in [-0.2, -0.15) is 0 Å². The second-order valence-electron chi connectivity index (χ2n) is 5.16. The van der Waals surface area contributed by atoms with Gasteiger partial charge in [-0.15, -0.1) is 0 Å². The molecule has 1 aliphatic heterocycles. The smallest absolute Gasteiger partial charge is 0.0948 e. The number of aryl methyl sites for hydroxylation is 1. The minimum Gasteiger partial charge on any atom is -0.333 e. The standard InChI is InChI=1S/C14H26N4/c1-2-6-15-11-14-12-16-13-18(14)10-5-9-17-7-3-4-8-17/h12-13,15H,2-11H2,1H3. The van der Waals surface area contributed by atoms with E-state index in [0.717, 1.165) is 19.6 Å². The quantitative estimate of drug-likeness (QED) is 0.715. The van der Waals surface area contributed by atoms with Gasteiger partial charge in [-0.25, -0.2) is 4.98 Å². The van der Waals surface area contributed by atoms with Crippen LogP contribution >= 0.6 is 0 Å². The van der Waals surface area contributed by atoms with Crippen LogP contribution in [0, 0.1) is 0 Å². The average Bonchev–Trinajstić information content (AvgIpc) is 3.02. The van der Waals surface area contributed by atoms with Crippen molar-refractivity contribution in [2.24, 2.45) is 0 Å². The fourth-order valence-corrected chi connectivity index (χ4v) is 2.56. The first kappa shape index (κ1) is 13.6. The molecular formula is C14H26N4. The summed E-state index contributed by atoms with van der Waals surface area (Å²) in [6.07, 6.45) is 9.14. The Hall–Kier alpha value is -0.870. The number of aromatic nitrogens is 2. The Balaban J connectivity index is 1.69. The average molecular weight is 250 g/mol. The molecule has 4 heteroatoms. The van der Waals surface area contributed by atoms with Crippen molar-refractivity contribution in [1.29, 1.82) is 0 Å². The number of hydrogen-bond acceptors (Lipinski definition) is 3. The summed E-state index contributed by atoms with van der Waals surface area (Å²) in [6.45, 7) is 9.15. The number of nitrogens with zero attached hydrogens (tertiary/aromatic N) is 3. The molecular weight excluding hydrogens is 224 g/mol. The zero-order valence-corrected chi connectivity index (χ0v) is 11.6. The van der Waals surface area contributed by atoms with Crippen LogP contribution in [0.2, 0.25) is 0 Å². The molecule has 1 fully saturated rings. The lowest BCUT2D eigenvalue weighted by Crippen LogP contribution is -2.22. The van der Waals surface area contributed by atoms with Crippen molar-refractivity contribution >= 4 is 0 Å². The molecule has 0 atom stereocenters. The summed E-state index contributed by atoms with van der Waals surface area (Å²) in [5.74, 6) is 0. The summed E-state index contributed by atoms with van der Waals surface area (Å²) in [5, 5.41) is 3.44. The Bertz CT molecular complexity index is 328. The van der Waals surface area contributed by atoms with E-state index in [0.29, 0.717) is 0 Å². The summed E-state index contributed by atoms with van der Waals surface area (Å²) < 4.78 is 2.29. The van der Waals surface area contributed by atoms with Gasteiger partial charge >= 0.3 is 0 Å². The van der Waals surface area contributed by atoms with Crippen LogP contribution in [0.5, 0.6) is 0 Å². The summed E-state index contributed by atoms with van der Waals surface area (Å²) in [7, 11) is 0. The first-order chi connectivity index (χ1) is 8.90. The van der Waals surface area contributed by atoms with E-state index in [2.05, 4.69) is 26.7 Å². The number of rotatable bonds is 8. The van der Waals surface area contributed by atoms with Crippen LogP contribution in [0.25, 0.3) is 0 Å². The van der Waals surface area contributed by atoms with Crippen LogP contribution in [0.1, 0.15) is 38.3 Å². The number of imidazole rings is 1. The monoisotopic (exact) mass is 250 g/mol. The molecule has 1 aromatic heterocycles. The van der Waals surface area contributed by atoms with Crippen LogP contribution in [-0.4, -0.2) is 40.6 Å². The van der Waals surface area contributed by atoms with Gasteiger partial charge in [0.25, 0.3) is 0 Å². The van der Waals surface area contributed by atoms with E-state index in [1.165, 1.54) is 51.0 Å². The van der Waals surface area contributed by atoms with Crippen LogP contribution in [-0.2, 0) is 13.1 Å². The summed E-state index contributed by atoms with van der Waals surface area (Å²) >= 11 is 0. The predicted molar refractivity (Wildman–Crippen MR) is 74.5 cm³/mol. The highest BCUT2D eigenvalue weighted by Gasteiger charge is 2.10. The largest absolute Gasteiger partial charge is 0.333 e. The van der Waals surface area contributed by atoms with Gasteiger partial charge in [0.05, 0.1) is 12.0 Å². The molecule has 2 rings (SSSR count). The summed E-state index contributed by atoms with van der Waals surface area (Å²) in [4.78, 5) is 6.84. The number of hydrogen-bond donors (Lipinski definition) is 1. The minimum atomic E-state index is 0.942. The normalized spacial score (nSPS) is 16.5. The van der Waals surface area contributed by atoms with Crippen molar-refractivity contribution in [2.75, 3.05) is 26.2 Å². The van der Waals surface area contributed by atoms with E-state index in [-0.39, 0.29) is 0 Å². The van der Waals surface area contributed by atoms with E-state index in [4.69, 9.17) is 0 Å². The first-order valence-corrected chi connectivity index (χ1v) is 7.32. The number of likely N-dealkylation sites (tertiary alicyclic amines) is 1. The molecule has 0 unspecified atom stereocenters. The molecule has 1 saturated heterocycles. The van der Waals surface area contributed by atoms with Crippen molar-refractivity contribution in [3.63, 3.8) is 0 Å². The molecule has 0 aliphatic carbocycles. The van der Waals surface area contributed by atoms with Crippen molar-refractivity contribution in [3.8, 4) is 0 Å². The Kier molecular flexibility index (Phi) is 5.68. The minimum absolute atomic E-state index is 0.942. The predicted octanol–water partition coefficient (Wildman–Crippen LogP) is 1.87. The third-order valence-corrected chi connectivity index (χ3v) is 3.60. The van der Waals surface area contributed by atoms with Gasteiger partial charge in [0.2, 0.25) is 0 Å². The zero-order chi connectivity index (χ0) is 12.6. The van der Waals surface area contributed by atoms with E-state index in [1.807, 2.05) is 12.5 Å². The van der Waals surface area contributed by atoms with E-state index >= 15 is 0 Å². The molecule has 102 valence electrons. The molecule has 18 heavy (non-hydrogen) atoms. The van der Waals surface area contributed by atoms with Gasteiger partial charge in [0.1, 0.15) is 0 Å². The topological polar surface area (TPSA) is 33.1 Å². The Labute approximate surface area is 110 Å². The first-order valence-electron chi connectivity index (χ1n) is 7.32. The van der Waals surface area contributed by atoms with E-state index in [1.54, 1.807) is 0 Å². The Morgan fingerprint density at radius 1 is 1.28 bits per heavy atom. The molecule has 0 radical (unpaired) electrons. The summed E-state index contributed by atoms with van der Waals surface area (Å²) in [5.41, 5.74) is 1.31. The highest BCUT2D eigenvalue weighted by Crippen LogP contribution is 2.08. The molecule has 1 aliphatic rings. The maximum Gasteiger partial charge on any atom is 0.0948 e. The summed E-state index contributed by atoms with van der Waals surface area (Å²) in [6, 6.07) is 0. The maximum absolute atomic E-state index is 4.26. The van der Waals surface area contributed by atoms with Crippen molar-refractivity contribution in [3.05, 3.63) is 18.2 Å². The number of nitrogens with one attached hydrogen (secondary N) is 1. The lowest BCUT2D eigenvalue weighted by Gasteiger charge is -2.15. The third-order valence-electron chi connectivity index (χ3n) is 3.60. The zero-order valence-electron chi connectivity index (χ0n) is 11.6. The molecule has 0 spiro atoms. The molecule has 1 aromatic rings. The molecule has 0 aromatic carbocycles. The highest BCUT2D eigenvalue weighted by molar-refractivity contribution is 4.97. The lowest BCUT2D eigenvalue weighted by molar-refractivity contribution is 0.324. The van der Waals surface area contributed by atoms with Crippen molar-refractivity contribution in [2.45, 2.75) is 45.7 Å². The SMILES string of the molecule is CCCNCc1cncn1CCCN1CCCC1. The van der Waals surface area contributed by atoms with Crippen LogP contribution < -0.4 is 5.32 Å². The molecule has 0 bridgehead atoms. The second-order valence-corrected chi connectivity index (χ2v) is 5.16. The lowest BCUT2D eigenvalue weighted by atomic mass is 10.3. The van der Waals surface area contributed by atoms with Gasteiger partial charge < -0.3 is 14.8 Å². The molecule has 0 amide bonds. The van der Waals surface area contributed by atoms with Crippen LogP contribution in [0.3, 0.4) is 0 Å². The van der Waals surface area contributed by atoms with Crippen LogP contribution in [0.4, 0.5) is 0 Å². The van der Waals surface area contributed by atoms with Crippen molar-refractivity contribution < 1.29 is 0 Å². The molecule has 2 heterocycles. The van der Waals surface area contributed by atoms with Crippen molar-refractivity contribution in [1.82, 2.24) is 19.8 Å². The van der Waals surface area contributed by atoms with Gasteiger partial charge in [-0.3, -0.25) is 0 Å². The van der Waals surface area contributed by atoms with Gasteiger partial charge in [-0.1, -0.05) is 6.92 Å². The fraction of sp³-hybridized carbons (Fsp3) is 0.786. The van der Waals surface area contributed by atoms with E-state index in [9.17, 15) is 0 Å². The Morgan fingerprint density at radius 2 is 2.11 bits per heavy atom. The van der Waals surface area contributed by atoms with Gasteiger partial charge in [-0.05, 0) is 51.9 Å². The van der Waals surface area contributed by atoms with Gasteiger partial charge in [0.15, 0.2) is 0 Å². The maximum atomic E-state index is 4.26.